The molecule has 0 aromatic carbocycles. The van der Waals surface area contributed by atoms with Gasteiger partial charge >= 0.3 is 0 Å². The number of Topliss-reactive ketones (excluding diaryl/α,β-unsaturated/α-hetero) is 2. The summed E-state index contributed by atoms with van der Waals surface area (Å²) in [6.07, 6.45) is 18.2. The fourth-order valence-electron chi connectivity index (χ4n) is 4.23. The van der Waals surface area contributed by atoms with Gasteiger partial charge in [-0.25, -0.2) is 0 Å². The van der Waals surface area contributed by atoms with Gasteiger partial charge in [0.15, 0.2) is 0 Å². The predicted octanol–water partition coefficient (Wildman–Crippen LogP) is 14.4. The van der Waals surface area contributed by atoms with Crippen LogP contribution in [-0.2, 0) is 9.59 Å². The lowest BCUT2D eigenvalue weighted by Gasteiger charge is -2.08. The van der Waals surface area contributed by atoms with Gasteiger partial charge in [0.2, 0.25) is 0 Å². The summed E-state index contributed by atoms with van der Waals surface area (Å²) in [6.45, 7) is 34.7. The fourth-order valence-corrected chi connectivity index (χ4v) is 4.23. The first-order valence-electron chi connectivity index (χ1n) is 18.4. The highest BCUT2D eigenvalue weighted by molar-refractivity contribution is 5.78. The summed E-state index contributed by atoms with van der Waals surface area (Å²) < 4.78 is 0. The van der Waals surface area contributed by atoms with E-state index in [1.807, 2.05) is 13.8 Å². The van der Waals surface area contributed by atoms with Gasteiger partial charge in [0, 0.05) is 11.8 Å². The Morgan fingerprint density at radius 1 is 0.395 bits per heavy atom. The van der Waals surface area contributed by atoms with Gasteiger partial charge in [-0.15, -0.1) is 0 Å². The molecule has 0 amide bonds. The van der Waals surface area contributed by atoms with Crippen molar-refractivity contribution < 1.29 is 9.59 Å². The highest BCUT2D eigenvalue weighted by Crippen LogP contribution is 2.16. The minimum atomic E-state index is 0. The third kappa shape index (κ3) is 51.2. The van der Waals surface area contributed by atoms with Gasteiger partial charge in [-0.05, 0) is 62.2 Å². The zero-order valence-electron chi connectivity index (χ0n) is 32.3. The van der Waals surface area contributed by atoms with Crippen molar-refractivity contribution in [1.29, 1.82) is 0 Å². The van der Waals surface area contributed by atoms with Gasteiger partial charge in [-0.3, -0.25) is 9.59 Å². The standard InChI is InChI=1S/2C10H20O.2C10H22.CH4/c2*1-8(2)6-5-7-9(3)10(4)11;2*1-5-10(4)8-6-7-9(2)3;/h2*8-9H,5-7H2,1-4H3;2*9-10H,5-8H2,1-4H3;1H4/t2*9-;2*10-;/m1010./s1. The lowest BCUT2D eigenvalue weighted by atomic mass is 9.97. The van der Waals surface area contributed by atoms with Crippen LogP contribution in [0, 0.1) is 47.3 Å². The normalized spacial score (nSPS) is 13.5. The summed E-state index contributed by atoms with van der Waals surface area (Å²) >= 11 is 0. The summed E-state index contributed by atoms with van der Waals surface area (Å²) in [6, 6.07) is 0. The molecule has 0 heterocycles. The maximum Gasteiger partial charge on any atom is 0.132 e. The summed E-state index contributed by atoms with van der Waals surface area (Å²) in [4.78, 5) is 21.6. The van der Waals surface area contributed by atoms with Crippen molar-refractivity contribution >= 4 is 11.6 Å². The lowest BCUT2D eigenvalue weighted by Crippen LogP contribution is -2.06. The van der Waals surface area contributed by atoms with Gasteiger partial charge < -0.3 is 0 Å². The van der Waals surface area contributed by atoms with Crippen LogP contribution in [0.3, 0.4) is 0 Å². The van der Waals surface area contributed by atoms with Crippen LogP contribution in [0.1, 0.15) is 208 Å². The Kier molecular flexibility index (Phi) is 43.2. The van der Waals surface area contributed by atoms with Gasteiger partial charge in [0.05, 0.1) is 0 Å². The van der Waals surface area contributed by atoms with E-state index in [-0.39, 0.29) is 19.3 Å². The topological polar surface area (TPSA) is 34.1 Å². The Morgan fingerprint density at radius 3 is 0.767 bits per heavy atom. The molecule has 0 unspecified atom stereocenters. The summed E-state index contributed by atoms with van der Waals surface area (Å²) in [7, 11) is 0. The van der Waals surface area contributed by atoms with Crippen molar-refractivity contribution in [1.82, 2.24) is 0 Å². The van der Waals surface area contributed by atoms with E-state index in [0.717, 1.165) is 48.3 Å². The molecule has 0 N–H and O–H groups in total. The second kappa shape index (κ2) is 35.8. The van der Waals surface area contributed by atoms with Crippen molar-refractivity contribution in [3.63, 3.8) is 0 Å². The SMILES string of the molecule is C.CC(=O)[C@@H](C)CCCC(C)C.CC(=O)[C@H](C)CCCC(C)C.CC[C@@H](C)CCCC(C)C.CC[C@H](C)CCCC(C)C. The molecule has 0 aliphatic heterocycles. The zero-order chi connectivity index (χ0) is 33.7. The van der Waals surface area contributed by atoms with Gasteiger partial charge in [-0.1, -0.05) is 181 Å². The number of hydrogen-bond acceptors (Lipinski definition) is 2. The monoisotopic (exact) mass is 613 g/mol. The Bertz CT molecular complexity index is 510. The molecule has 0 saturated heterocycles. The summed E-state index contributed by atoms with van der Waals surface area (Å²) in [5.74, 6) is 6.42. The smallest absolute Gasteiger partial charge is 0.132 e. The highest BCUT2D eigenvalue weighted by Gasteiger charge is 2.07. The molecule has 4 atom stereocenters. The van der Waals surface area contributed by atoms with Crippen LogP contribution in [0.4, 0.5) is 0 Å². The molecule has 0 aromatic rings. The number of ketones is 2. The van der Waals surface area contributed by atoms with Crippen LogP contribution in [0.5, 0.6) is 0 Å². The largest absolute Gasteiger partial charge is 0.300 e. The van der Waals surface area contributed by atoms with E-state index < -0.39 is 0 Å². The van der Waals surface area contributed by atoms with E-state index in [1.165, 1.54) is 77.0 Å². The summed E-state index contributed by atoms with van der Waals surface area (Å²) in [5.41, 5.74) is 0. The molecular weight excluding hydrogens is 524 g/mol. The maximum absolute atomic E-state index is 10.8. The number of carbonyl (C=O) groups excluding carboxylic acids is 2. The van der Waals surface area contributed by atoms with Gasteiger partial charge in [0.1, 0.15) is 11.6 Å². The average molecular weight is 613 g/mol. The Balaban J connectivity index is -0.000000148. The van der Waals surface area contributed by atoms with Gasteiger partial charge in [0.25, 0.3) is 0 Å². The first kappa shape index (κ1) is 51.9. The summed E-state index contributed by atoms with van der Waals surface area (Å²) in [5, 5.41) is 0. The molecule has 2 heteroatoms. The van der Waals surface area contributed by atoms with E-state index in [9.17, 15) is 9.59 Å². The van der Waals surface area contributed by atoms with Crippen LogP contribution in [0.15, 0.2) is 0 Å². The van der Waals surface area contributed by atoms with E-state index in [4.69, 9.17) is 0 Å². The molecule has 0 saturated carbocycles. The first-order chi connectivity index (χ1) is 19.4. The number of carbonyl (C=O) groups is 2. The highest BCUT2D eigenvalue weighted by atomic mass is 16.1. The molecular formula is C41H88O2. The van der Waals surface area contributed by atoms with Crippen LogP contribution < -0.4 is 0 Å². The van der Waals surface area contributed by atoms with Crippen molar-refractivity contribution in [3.05, 3.63) is 0 Å². The molecule has 0 bridgehead atoms. The van der Waals surface area contributed by atoms with Crippen LogP contribution in [0.2, 0.25) is 0 Å². The minimum Gasteiger partial charge on any atom is -0.300 e. The van der Waals surface area contributed by atoms with Crippen molar-refractivity contribution in [2.45, 2.75) is 208 Å². The molecule has 0 aliphatic rings. The Labute approximate surface area is 276 Å². The molecule has 0 aliphatic carbocycles. The number of rotatable bonds is 20. The second-order valence-electron chi connectivity index (χ2n) is 15.3. The van der Waals surface area contributed by atoms with Crippen LogP contribution in [-0.4, -0.2) is 11.6 Å². The average Bonchev–Trinajstić information content (AvgIpc) is 2.88. The molecule has 0 radical (unpaired) electrons. The predicted molar refractivity (Wildman–Crippen MR) is 200 cm³/mol. The fraction of sp³-hybridized carbons (Fsp3) is 0.951. The third-order valence-corrected chi connectivity index (χ3v) is 8.58. The minimum absolute atomic E-state index is 0. The van der Waals surface area contributed by atoms with E-state index in [2.05, 4.69) is 83.1 Å². The van der Waals surface area contributed by atoms with Crippen molar-refractivity contribution in [2.75, 3.05) is 0 Å². The third-order valence-electron chi connectivity index (χ3n) is 8.58. The van der Waals surface area contributed by atoms with Crippen molar-refractivity contribution in [2.24, 2.45) is 47.3 Å². The molecule has 0 fully saturated rings. The lowest BCUT2D eigenvalue weighted by molar-refractivity contribution is -0.121. The zero-order valence-corrected chi connectivity index (χ0v) is 32.3. The van der Waals surface area contributed by atoms with E-state index in [1.54, 1.807) is 13.8 Å². The molecule has 0 aromatic heterocycles. The maximum atomic E-state index is 10.8. The number of hydrogen-bond donors (Lipinski definition) is 0. The van der Waals surface area contributed by atoms with Crippen molar-refractivity contribution in [3.8, 4) is 0 Å². The Morgan fingerprint density at radius 2 is 0.605 bits per heavy atom. The first-order valence-corrected chi connectivity index (χ1v) is 18.4. The van der Waals surface area contributed by atoms with E-state index in [0.29, 0.717) is 11.6 Å². The molecule has 264 valence electrons. The molecule has 0 rings (SSSR count). The van der Waals surface area contributed by atoms with Crippen LogP contribution in [0.25, 0.3) is 0 Å². The molecule has 43 heavy (non-hydrogen) atoms. The van der Waals surface area contributed by atoms with Gasteiger partial charge in [-0.2, -0.15) is 0 Å². The second-order valence-corrected chi connectivity index (χ2v) is 15.3. The quantitative estimate of drug-likeness (QED) is 0.137. The molecule has 0 spiro atoms. The molecule has 2 nitrogen and oxygen atoms in total. The van der Waals surface area contributed by atoms with E-state index >= 15 is 0 Å². The van der Waals surface area contributed by atoms with Crippen LogP contribution >= 0.6 is 0 Å². The Hall–Kier alpha value is -0.660.